The molecule has 0 aromatic carbocycles. The van der Waals surface area contributed by atoms with E-state index in [1.54, 1.807) is 0 Å². The van der Waals surface area contributed by atoms with E-state index in [4.69, 9.17) is 37.0 Å². The largest absolute Gasteiger partial charge is 0.472 e. The lowest BCUT2D eigenvalue weighted by Crippen LogP contribution is -2.30. The Morgan fingerprint density at radius 1 is 0.287 bits per heavy atom. The number of rotatable bonds is 80. The Kier molecular flexibility index (Phi) is 70.9. The molecular formula is C82H160O17P2. The summed E-state index contributed by atoms with van der Waals surface area (Å²) in [5.74, 6) is 0.195. The number of carbonyl (C=O) groups is 4. The number of esters is 4. The van der Waals surface area contributed by atoms with Gasteiger partial charge in [-0.3, -0.25) is 37.3 Å². The third-order valence-electron chi connectivity index (χ3n) is 19.5. The van der Waals surface area contributed by atoms with Crippen LogP contribution in [-0.2, 0) is 65.4 Å². The van der Waals surface area contributed by atoms with Crippen LogP contribution < -0.4 is 0 Å². The van der Waals surface area contributed by atoms with Crippen molar-refractivity contribution in [2.24, 2.45) is 17.8 Å². The molecule has 0 aliphatic heterocycles. The number of phosphoric ester groups is 2. The van der Waals surface area contributed by atoms with Gasteiger partial charge in [-0.15, -0.1) is 0 Å². The highest BCUT2D eigenvalue weighted by Crippen LogP contribution is 2.45. The van der Waals surface area contributed by atoms with Crippen LogP contribution in [0.25, 0.3) is 0 Å². The molecule has 0 aromatic rings. The lowest BCUT2D eigenvalue weighted by molar-refractivity contribution is -0.161. The Labute approximate surface area is 619 Å². The van der Waals surface area contributed by atoms with Crippen molar-refractivity contribution in [2.75, 3.05) is 39.6 Å². The fraction of sp³-hybridized carbons (Fsp3) is 0.951. The molecule has 0 fully saturated rings. The van der Waals surface area contributed by atoms with Gasteiger partial charge in [-0.2, -0.15) is 0 Å². The summed E-state index contributed by atoms with van der Waals surface area (Å²) in [6.07, 6.45) is 61.2. The minimum absolute atomic E-state index is 0.105. The van der Waals surface area contributed by atoms with E-state index in [0.717, 1.165) is 108 Å². The highest BCUT2D eigenvalue weighted by Gasteiger charge is 2.30. The lowest BCUT2D eigenvalue weighted by atomic mass is 9.99. The quantitative estimate of drug-likeness (QED) is 0.0222. The second kappa shape index (κ2) is 72.3. The molecule has 0 aliphatic carbocycles. The highest BCUT2D eigenvalue weighted by molar-refractivity contribution is 7.47. The fourth-order valence-electron chi connectivity index (χ4n) is 12.6. The minimum atomic E-state index is -4.96. The van der Waals surface area contributed by atoms with Gasteiger partial charge in [-0.25, -0.2) is 9.13 Å². The monoisotopic (exact) mass is 1480 g/mol. The Bertz CT molecular complexity index is 1960. The SMILES string of the molecule is CCCCCCCCCCCCCCCCCCCCCCC(=O)O[C@H](COC(=O)CCCCCCCCCCCCCCCCC(C)CC)COP(=O)(O)OC[C@@H](O)COP(=O)(O)OC[C@@H](COC(=O)CCCCCCCCCC(C)C)OC(=O)CCCCCCCCCCCCC(C)C. The minimum Gasteiger partial charge on any atom is -0.462 e. The molecule has 0 heterocycles. The molecule has 0 bridgehead atoms. The van der Waals surface area contributed by atoms with Crippen molar-refractivity contribution in [1.29, 1.82) is 0 Å². The number of aliphatic hydroxyl groups excluding tert-OH is 1. The molecule has 0 aliphatic rings. The normalized spacial score (nSPS) is 14.2. The Morgan fingerprint density at radius 3 is 0.752 bits per heavy atom. The van der Waals surface area contributed by atoms with E-state index >= 15 is 0 Å². The molecule has 600 valence electrons. The van der Waals surface area contributed by atoms with E-state index in [2.05, 4.69) is 48.5 Å². The molecule has 101 heavy (non-hydrogen) atoms. The highest BCUT2D eigenvalue weighted by atomic mass is 31.2. The van der Waals surface area contributed by atoms with Crippen LogP contribution in [0, 0.1) is 17.8 Å². The van der Waals surface area contributed by atoms with E-state index in [1.165, 1.54) is 231 Å². The standard InChI is InChI=1S/C82H160O17P2/c1-8-10-11-12-13-14-15-16-17-18-19-20-21-22-27-30-36-43-51-58-65-81(86)98-77(69-92-79(84)63-56-49-42-35-29-26-24-23-25-28-34-41-48-55-62-75(7)9-2)71-96-100(88,89)94-67-76(83)68-95-101(90,91)97-72-78(70-93-80(85)64-57-50-45-38-40-47-54-61-74(5)6)99-82(87)66-59-52-44-37-32-31-33-39-46-53-60-73(3)4/h73-78,83H,8-72H2,1-7H3,(H,88,89)(H,90,91)/t75?,76-,77-,78-/m1/s1. The van der Waals surface area contributed by atoms with Crippen molar-refractivity contribution in [2.45, 2.75) is 446 Å². The number of carbonyl (C=O) groups excluding carboxylic acids is 4. The predicted octanol–water partition coefficient (Wildman–Crippen LogP) is 24.5. The van der Waals surface area contributed by atoms with E-state index < -0.39 is 97.5 Å². The predicted molar refractivity (Wildman–Crippen MR) is 414 cm³/mol. The number of unbranched alkanes of at least 4 members (excludes halogenated alkanes) is 47. The average molecular weight is 1480 g/mol. The fourth-order valence-corrected chi connectivity index (χ4v) is 14.2. The van der Waals surface area contributed by atoms with Crippen molar-refractivity contribution in [3.63, 3.8) is 0 Å². The molecule has 0 saturated carbocycles. The van der Waals surface area contributed by atoms with Gasteiger partial charge < -0.3 is 33.8 Å². The van der Waals surface area contributed by atoms with Crippen LogP contribution >= 0.6 is 15.6 Å². The Hall–Kier alpha value is -1.94. The molecule has 19 heteroatoms. The molecule has 0 spiro atoms. The summed E-state index contributed by atoms with van der Waals surface area (Å²) in [6, 6.07) is 0. The van der Waals surface area contributed by atoms with Crippen LogP contribution in [0.1, 0.15) is 427 Å². The van der Waals surface area contributed by atoms with Crippen molar-refractivity contribution >= 4 is 39.5 Å². The third kappa shape index (κ3) is 74.7. The maximum Gasteiger partial charge on any atom is 0.472 e. The van der Waals surface area contributed by atoms with E-state index in [0.29, 0.717) is 31.6 Å². The summed E-state index contributed by atoms with van der Waals surface area (Å²) >= 11 is 0. The average Bonchev–Trinajstić information content (AvgIpc) is 0.942. The molecule has 0 saturated heterocycles. The van der Waals surface area contributed by atoms with Crippen LogP contribution in [-0.4, -0.2) is 96.7 Å². The summed E-state index contributed by atoms with van der Waals surface area (Å²) in [4.78, 5) is 73.0. The second-order valence-corrected chi connectivity index (χ2v) is 33.6. The van der Waals surface area contributed by atoms with E-state index in [-0.39, 0.29) is 25.7 Å². The van der Waals surface area contributed by atoms with Crippen molar-refractivity contribution < 1.29 is 80.2 Å². The zero-order chi connectivity index (χ0) is 74.4. The summed E-state index contributed by atoms with van der Waals surface area (Å²) in [5, 5.41) is 10.6. The van der Waals surface area contributed by atoms with Gasteiger partial charge in [0.25, 0.3) is 0 Å². The molecule has 0 radical (unpaired) electrons. The zero-order valence-electron chi connectivity index (χ0n) is 66.4. The topological polar surface area (TPSA) is 237 Å². The Morgan fingerprint density at radius 2 is 0.505 bits per heavy atom. The molecule has 0 amide bonds. The first-order chi connectivity index (χ1) is 48.8. The maximum absolute atomic E-state index is 13.1. The van der Waals surface area contributed by atoms with Crippen molar-refractivity contribution in [1.82, 2.24) is 0 Å². The molecule has 0 rings (SSSR count). The van der Waals surface area contributed by atoms with Crippen LogP contribution in [0.2, 0.25) is 0 Å². The van der Waals surface area contributed by atoms with Crippen molar-refractivity contribution in [3.05, 3.63) is 0 Å². The van der Waals surface area contributed by atoms with Gasteiger partial charge in [0.05, 0.1) is 26.4 Å². The summed E-state index contributed by atoms with van der Waals surface area (Å²) in [7, 11) is -9.92. The molecule has 0 aromatic heterocycles. The first-order valence-corrected chi connectivity index (χ1v) is 45.4. The lowest BCUT2D eigenvalue weighted by Gasteiger charge is -2.21. The zero-order valence-corrected chi connectivity index (χ0v) is 68.2. The molecular weight excluding hydrogens is 1320 g/mol. The van der Waals surface area contributed by atoms with Crippen molar-refractivity contribution in [3.8, 4) is 0 Å². The molecule has 6 atom stereocenters. The summed E-state index contributed by atoms with van der Waals surface area (Å²) in [5.41, 5.74) is 0. The molecule has 3 unspecified atom stereocenters. The summed E-state index contributed by atoms with van der Waals surface area (Å²) < 4.78 is 68.7. The summed E-state index contributed by atoms with van der Waals surface area (Å²) in [6.45, 7) is 11.9. The molecule has 3 N–H and O–H groups in total. The van der Waals surface area contributed by atoms with Gasteiger partial charge in [0, 0.05) is 25.7 Å². The van der Waals surface area contributed by atoms with E-state index in [1.807, 2.05) is 0 Å². The van der Waals surface area contributed by atoms with Gasteiger partial charge in [-0.1, -0.05) is 376 Å². The number of phosphoric acid groups is 2. The van der Waals surface area contributed by atoms with Gasteiger partial charge in [-0.05, 0) is 43.4 Å². The van der Waals surface area contributed by atoms with Gasteiger partial charge in [0.2, 0.25) is 0 Å². The first kappa shape index (κ1) is 99.1. The van der Waals surface area contributed by atoms with Gasteiger partial charge in [0.1, 0.15) is 19.3 Å². The smallest absolute Gasteiger partial charge is 0.462 e. The van der Waals surface area contributed by atoms with Crippen LogP contribution in [0.15, 0.2) is 0 Å². The number of hydrogen-bond donors (Lipinski definition) is 3. The van der Waals surface area contributed by atoms with Gasteiger partial charge >= 0.3 is 39.5 Å². The molecule has 17 nitrogen and oxygen atoms in total. The Balaban J connectivity index is 5.23. The van der Waals surface area contributed by atoms with E-state index in [9.17, 15) is 43.2 Å². The maximum atomic E-state index is 13.1. The first-order valence-electron chi connectivity index (χ1n) is 42.4. The number of ether oxygens (including phenoxy) is 4. The third-order valence-corrected chi connectivity index (χ3v) is 21.4. The second-order valence-electron chi connectivity index (χ2n) is 30.7. The number of hydrogen-bond acceptors (Lipinski definition) is 15. The van der Waals surface area contributed by atoms with Crippen LogP contribution in [0.4, 0.5) is 0 Å². The van der Waals surface area contributed by atoms with Gasteiger partial charge in [0.15, 0.2) is 12.2 Å². The number of aliphatic hydroxyl groups is 1. The van der Waals surface area contributed by atoms with Crippen LogP contribution in [0.5, 0.6) is 0 Å². The van der Waals surface area contributed by atoms with Crippen LogP contribution in [0.3, 0.4) is 0 Å².